The molecule has 2 heteroatoms. The molecular formula is C14H15NO. The molecule has 1 fully saturated rings. The van der Waals surface area contributed by atoms with Crippen molar-refractivity contribution in [3.05, 3.63) is 42.1 Å². The number of nitrogens with zero attached hydrogens (tertiary/aromatic N) is 1. The van der Waals surface area contributed by atoms with Gasteiger partial charge in [0, 0.05) is 11.6 Å². The Morgan fingerprint density at radius 2 is 2.12 bits per heavy atom. The summed E-state index contributed by atoms with van der Waals surface area (Å²) in [5.74, 6) is 0. The van der Waals surface area contributed by atoms with Crippen LogP contribution in [0.15, 0.2) is 36.5 Å². The van der Waals surface area contributed by atoms with Gasteiger partial charge >= 0.3 is 0 Å². The topological polar surface area (TPSA) is 33.1 Å². The largest absolute Gasteiger partial charge is 0.388 e. The van der Waals surface area contributed by atoms with Gasteiger partial charge in [0.05, 0.1) is 11.6 Å². The van der Waals surface area contributed by atoms with Gasteiger partial charge in [0.1, 0.15) is 0 Å². The van der Waals surface area contributed by atoms with E-state index < -0.39 is 0 Å². The lowest BCUT2D eigenvalue weighted by Gasteiger charge is -2.18. The summed E-state index contributed by atoms with van der Waals surface area (Å²) in [6.45, 7) is 2.14. The van der Waals surface area contributed by atoms with Crippen molar-refractivity contribution in [2.24, 2.45) is 5.41 Å². The van der Waals surface area contributed by atoms with Crippen LogP contribution < -0.4 is 0 Å². The van der Waals surface area contributed by atoms with Crippen LogP contribution in [-0.2, 0) is 0 Å². The third-order valence-electron chi connectivity index (χ3n) is 3.64. The molecule has 0 amide bonds. The van der Waals surface area contributed by atoms with E-state index >= 15 is 0 Å². The maximum Gasteiger partial charge on any atom is 0.0843 e. The Balaban J connectivity index is 2.05. The van der Waals surface area contributed by atoms with Crippen molar-refractivity contribution in [1.82, 2.24) is 4.98 Å². The lowest BCUT2D eigenvalue weighted by molar-refractivity contribution is 0.104. The zero-order chi connectivity index (χ0) is 11.2. The second kappa shape index (κ2) is 3.29. The van der Waals surface area contributed by atoms with Crippen LogP contribution in [0.1, 0.15) is 31.4 Å². The molecule has 1 aromatic heterocycles. The van der Waals surface area contributed by atoms with Crippen LogP contribution in [0.4, 0.5) is 0 Å². The third-order valence-corrected chi connectivity index (χ3v) is 3.64. The highest BCUT2D eigenvalue weighted by Gasteiger charge is 2.44. The van der Waals surface area contributed by atoms with Crippen LogP contribution in [0.2, 0.25) is 0 Å². The molecule has 0 radical (unpaired) electrons. The molecule has 1 N–H and O–H groups in total. The van der Waals surface area contributed by atoms with E-state index in [0.717, 1.165) is 29.3 Å². The molecular weight excluding hydrogens is 198 g/mol. The highest BCUT2D eigenvalue weighted by molar-refractivity contribution is 5.79. The minimum Gasteiger partial charge on any atom is -0.388 e. The Morgan fingerprint density at radius 1 is 1.31 bits per heavy atom. The minimum atomic E-state index is -0.336. The Morgan fingerprint density at radius 3 is 2.88 bits per heavy atom. The van der Waals surface area contributed by atoms with Crippen molar-refractivity contribution in [3.8, 4) is 0 Å². The van der Waals surface area contributed by atoms with Crippen molar-refractivity contribution in [3.63, 3.8) is 0 Å². The molecule has 16 heavy (non-hydrogen) atoms. The van der Waals surface area contributed by atoms with E-state index in [4.69, 9.17) is 0 Å². The molecule has 1 saturated carbocycles. The molecule has 3 rings (SSSR count). The number of hydrogen-bond donors (Lipinski definition) is 1. The maximum absolute atomic E-state index is 10.3. The molecule has 2 nitrogen and oxygen atoms in total. The molecule has 1 atom stereocenters. The van der Waals surface area contributed by atoms with Crippen LogP contribution in [0.25, 0.3) is 10.9 Å². The summed E-state index contributed by atoms with van der Waals surface area (Å²) in [5, 5.41) is 11.4. The zero-order valence-electron chi connectivity index (χ0n) is 9.35. The molecule has 1 unspecified atom stereocenters. The number of aliphatic hydroxyl groups is 1. The summed E-state index contributed by atoms with van der Waals surface area (Å²) in [6, 6.07) is 9.99. The van der Waals surface area contributed by atoms with Crippen molar-refractivity contribution < 1.29 is 5.11 Å². The lowest BCUT2D eigenvalue weighted by atomic mass is 9.94. The van der Waals surface area contributed by atoms with E-state index in [-0.39, 0.29) is 11.5 Å². The van der Waals surface area contributed by atoms with Crippen LogP contribution in [-0.4, -0.2) is 10.1 Å². The number of hydrogen-bond acceptors (Lipinski definition) is 2. The van der Waals surface area contributed by atoms with Crippen LogP contribution in [0.5, 0.6) is 0 Å². The Kier molecular flexibility index (Phi) is 2.01. The summed E-state index contributed by atoms with van der Waals surface area (Å²) >= 11 is 0. The number of aliphatic hydroxyl groups excluding tert-OH is 1. The Hall–Kier alpha value is -1.41. The fourth-order valence-corrected chi connectivity index (χ4v) is 2.14. The van der Waals surface area contributed by atoms with Crippen molar-refractivity contribution >= 4 is 10.9 Å². The van der Waals surface area contributed by atoms with Crippen molar-refractivity contribution in [1.29, 1.82) is 0 Å². The quantitative estimate of drug-likeness (QED) is 0.831. The summed E-state index contributed by atoms with van der Waals surface area (Å²) in [6.07, 6.45) is 3.70. The fraction of sp³-hybridized carbons (Fsp3) is 0.357. The van der Waals surface area contributed by atoms with Crippen LogP contribution in [0.3, 0.4) is 0 Å². The first-order valence-electron chi connectivity index (χ1n) is 5.72. The molecule has 0 spiro atoms. The average Bonchev–Trinajstić information content (AvgIpc) is 3.07. The number of aromatic nitrogens is 1. The second-order valence-corrected chi connectivity index (χ2v) is 5.01. The SMILES string of the molecule is CC1(C(O)c2ccc3ncccc3c2)CC1. The van der Waals surface area contributed by atoms with E-state index in [1.165, 1.54) is 0 Å². The molecule has 2 aromatic rings. The monoisotopic (exact) mass is 213 g/mol. The van der Waals surface area contributed by atoms with Crippen LogP contribution in [0, 0.1) is 5.41 Å². The van der Waals surface area contributed by atoms with Gasteiger partial charge in [0.2, 0.25) is 0 Å². The van der Waals surface area contributed by atoms with Crippen LogP contribution >= 0.6 is 0 Å². The van der Waals surface area contributed by atoms with E-state index in [9.17, 15) is 5.11 Å². The first-order chi connectivity index (χ1) is 7.69. The van der Waals surface area contributed by atoms with Gasteiger partial charge in [-0.1, -0.05) is 19.1 Å². The summed E-state index contributed by atoms with van der Waals surface area (Å²) in [7, 11) is 0. The van der Waals surface area contributed by atoms with Gasteiger partial charge in [0.15, 0.2) is 0 Å². The predicted molar refractivity (Wildman–Crippen MR) is 64.0 cm³/mol. The fourth-order valence-electron chi connectivity index (χ4n) is 2.14. The molecule has 0 bridgehead atoms. The molecule has 1 aliphatic carbocycles. The molecule has 0 saturated heterocycles. The minimum absolute atomic E-state index is 0.107. The number of pyridine rings is 1. The highest BCUT2D eigenvalue weighted by Crippen LogP contribution is 2.54. The van der Waals surface area contributed by atoms with Gasteiger partial charge < -0.3 is 5.11 Å². The highest BCUT2D eigenvalue weighted by atomic mass is 16.3. The summed E-state index contributed by atoms with van der Waals surface area (Å²) in [4.78, 5) is 4.28. The van der Waals surface area contributed by atoms with Crippen molar-refractivity contribution in [2.45, 2.75) is 25.9 Å². The maximum atomic E-state index is 10.3. The van der Waals surface area contributed by atoms with Gasteiger partial charge in [-0.25, -0.2) is 0 Å². The van der Waals surface area contributed by atoms with Crippen molar-refractivity contribution in [2.75, 3.05) is 0 Å². The number of rotatable bonds is 2. The summed E-state index contributed by atoms with van der Waals surface area (Å²) < 4.78 is 0. The van der Waals surface area contributed by atoms with E-state index in [1.807, 2.05) is 24.3 Å². The van der Waals surface area contributed by atoms with Gasteiger partial charge in [0.25, 0.3) is 0 Å². The molecule has 1 heterocycles. The lowest BCUT2D eigenvalue weighted by Crippen LogP contribution is -2.09. The van der Waals surface area contributed by atoms with Gasteiger partial charge in [-0.2, -0.15) is 0 Å². The normalized spacial score (nSPS) is 19.6. The van der Waals surface area contributed by atoms with E-state index in [0.29, 0.717) is 0 Å². The molecule has 82 valence electrons. The molecule has 1 aliphatic rings. The Labute approximate surface area is 94.9 Å². The summed E-state index contributed by atoms with van der Waals surface area (Å²) in [5.41, 5.74) is 2.11. The molecule has 1 aromatic carbocycles. The standard InChI is InChI=1S/C14H15NO/c1-14(6-7-14)13(16)11-4-5-12-10(9-11)3-2-8-15-12/h2-5,8-9,13,16H,6-7H2,1H3. The average molecular weight is 213 g/mol. The van der Waals surface area contributed by atoms with Gasteiger partial charge in [-0.15, -0.1) is 0 Å². The van der Waals surface area contributed by atoms with E-state index in [1.54, 1.807) is 6.20 Å². The Bertz CT molecular complexity index is 531. The second-order valence-electron chi connectivity index (χ2n) is 5.01. The number of fused-ring (bicyclic) bond motifs is 1. The smallest absolute Gasteiger partial charge is 0.0843 e. The zero-order valence-corrected chi connectivity index (χ0v) is 9.35. The van der Waals surface area contributed by atoms with Gasteiger partial charge in [-0.3, -0.25) is 4.98 Å². The number of benzene rings is 1. The first-order valence-corrected chi connectivity index (χ1v) is 5.72. The predicted octanol–water partition coefficient (Wildman–Crippen LogP) is 3.07. The first kappa shape index (κ1) is 9.79. The molecule has 0 aliphatic heterocycles. The third kappa shape index (κ3) is 1.50. The van der Waals surface area contributed by atoms with Gasteiger partial charge in [-0.05, 0) is 42.0 Å². The van der Waals surface area contributed by atoms with E-state index in [2.05, 4.69) is 18.0 Å².